The van der Waals surface area contributed by atoms with Crippen LogP contribution in [-0.2, 0) is 11.3 Å². The molecule has 1 heterocycles. The van der Waals surface area contributed by atoms with Crippen molar-refractivity contribution >= 4 is 11.7 Å². The van der Waals surface area contributed by atoms with E-state index in [4.69, 9.17) is 0 Å². The highest BCUT2D eigenvalue weighted by Crippen LogP contribution is 2.23. The Bertz CT molecular complexity index is 693. The summed E-state index contributed by atoms with van der Waals surface area (Å²) < 4.78 is 0.434. The number of hydrogen-bond donors (Lipinski definition) is 0. The zero-order valence-electron chi connectivity index (χ0n) is 16.0. The van der Waals surface area contributed by atoms with Crippen LogP contribution in [0.3, 0.4) is 0 Å². The number of nitrogens with zero attached hydrogens (tertiary/aromatic N) is 4. The Morgan fingerprint density at radius 3 is 2.28 bits per heavy atom. The van der Waals surface area contributed by atoms with Crippen LogP contribution in [0.15, 0.2) is 36.4 Å². The van der Waals surface area contributed by atoms with Crippen LogP contribution in [0.4, 0.5) is 5.82 Å². The molecular weight excluding hydrogens is 312 g/mol. The number of carbonyl (C=O) groups excluding carboxylic acids is 1. The summed E-state index contributed by atoms with van der Waals surface area (Å²) in [6, 6.07) is 12.3. The van der Waals surface area contributed by atoms with Crippen LogP contribution in [0.25, 0.3) is 0 Å². The van der Waals surface area contributed by atoms with E-state index >= 15 is 0 Å². The van der Waals surface area contributed by atoms with Crippen LogP contribution in [0.2, 0.25) is 0 Å². The zero-order valence-corrected chi connectivity index (χ0v) is 16.0. The highest BCUT2D eigenvalue weighted by molar-refractivity contribution is 5.80. The quantitative estimate of drug-likeness (QED) is 0.727. The van der Waals surface area contributed by atoms with Crippen molar-refractivity contribution in [2.75, 3.05) is 26.7 Å². The summed E-state index contributed by atoms with van der Waals surface area (Å²) in [4.78, 5) is 23.7. The molecule has 0 radical (unpaired) electrons. The summed E-state index contributed by atoms with van der Waals surface area (Å²) in [7, 11) is 2.08. The second-order valence-corrected chi connectivity index (χ2v) is 6.68. The van der Waals surface area contributed by atoms with Gasteiger partial charge in [0.1, 0.15) is 12.4 Å². The first-order chi connectivity index (χ1) is 11.9. The SMILES string of the molecule is CCN(CC)C(=O)C[N@+](C)(Cc1ccccc1)c1cc(C)nc(C)n1. The third kappa shape index (κ3) is 4.86. The molecule has 0 aliphatic rings. The number of aromatic nitrogens is 2. The molecule has 1 amide bonds. The van der Waals surface area contributed by atoms with E-state index in [1.54, 1.807) is 0 Å². The maximum absolute atomic E-state index is 12.8. The van der Waals surface area contributed by atoms with Crippen molar-refractivity contribution in [1.29, 1.82) is 0 Å². The number of quaternary nitrogens is 1. The summed E-state index contributed by atoms with van der Waals surface area (Å²) in [6.45, 7) is 10.4. The third-order valence-corrected chi connectivity index (χ3v) is 4.48. The lowest BCUT2D eigenvalue weighted by molar-refractivity contribution is -0.131. The lowest BCUT2D eigenvalue weighted by Crippen LogP contribution is -2.52. The van der Waals surface area contributed by atoms with Crippen LogP contribution in [0, 0.1) is 13.8 Å². The number of amides is 1. The van der Waals surface area contributed by atoms with Gasteiger partial charge in [0.15, 0.2) is 6.54 Å². The minimum atomic E-state index is 0.150. The van der Waals surface area contributed by atoms with Crippen molar-refractivity contribution in [3.05, 3.63) is 53.5 Å². The average molecular weight is 341 g/mol. The van der Waals surface area contributed by atoms with Crippen molar-refractivity contribution < 1.29 is 4.79 Å². The second kappa shape index (κ2) is 8.21. The van der Waals surface area contributed by atoms with Gasteiger partial charge in [-0.05, 0) is 27.7 Å². The van der Waals surface area contributed by atoms with Crippen molar-refractivity contribution in [1.82, 2.24) is 19.4 Å². The van der Waals surface area contributed by atoms with Gasteiger partial charge in [-0.15, -0.1) is 0 Å². The molecule has 134 valence electrons. The Hall–Kier alpha value is -2.27. The molecule has 0 bridgehead atoms. The van der Waals surface area contributed by atoms with E-state index in [2.05, 4.69) is 29.1 Å². The van der Waals surface area contributed by atoms with Gasteiger partial charge in [0.05, 0.1) is 7.05 Å². The van der Waals surface area contributed by atoms with Gasteiger partial charge in [0, 0.05) is 30.4 Å². The minimum absolute atomic E-state index is 0.150. The van der Waals surface area contributed by atoms with Crippen LogP contribution in [0.1, 0.15) is 30.9 Å². The van der Waals surface area contributed by atoms with Crippen molar-refractivity contribution in [3.63, 3.8) is 0 Å². The number of likely N-dealkylation sites (N-methyl/N-ethyl adjacent to an activating group) is 2. The van der Waals surface area contributed by atoms with Crippen molar-refractivity contribution in [2.24, 2.45) is 0 Å². The van der Waals surface area contributed by atoms with E-state index in [-0.39, 0.29) is 5.91 Å². The smallest absolute Gasteiger partial charge is 0.278 e. The highest BCUT2D eigenvalue weighted by atomic mass is 16.2. The topological polar surface area (TPSA) is 46.1 Å². The molecule has 0 aliphatic heterocycles. The molecule has 0 aliphatic carbocycles. The number of benzene rings is 1. The van der Waals surface area contributed by atoms with Gasteiger partial charge in [-0.25, -0.2) is 4.98 Å². The standard InChI is InChI=1S/C20H29N4O/c1-6-23(7-2)20(25)15-24(5,14-18-11-9-8-10-12-18)19-13-16(3)21-17(4)22-19/h8-13H,6-7,14-15H2,1-5H3/q+1/t24-/m0/s1. The molecule has 1 aromatic heterocycles. The van der Waals surface area contributed by atoms with Gasteiger partial charge in [-0.2, -0.15) is 4.98 Å². The zero-order chi connectivity index (χ0) is 18.4. The van der Waals surface area contributed by atoms with E-state index < -0.39 is 0 Å². The molecule has 0 N–H and O–H groups in total. The molecule has 2 aromatic rings. The fourth-order valence-corrected chi connectivity index (χ4v) is 3.15. The van der Waals surface area contributed by atoms with Crippen molar-refractivity contribution in [2.45, 2.75) is 34.2 Å². The molecule has 2 rings (SSSR count). The van der Waals surface area contributed by atoms with Crippen LogP contribution in [-0.4, -0.2) is 47.5 Å². The Kier molecular flexibility index (Phi) is 6.26. The predicted octanol–water partition coefficient (Wildman–Crippen LogP) is 3.10. The molecule has 25 heavy (non-hydrogen) atoms. The minimum Gasteiger partial charge on any atom is -0.338 e. The molecule has 5 nitrogen and oxygen atoms in total. The van der Waals surface area contributed by atoms with E-state index in [9.17, 15) is 4.79 Å². The third-order valence-electron chi connectivity index (χ3n) is 4.48. The Morgan fingerprint density at radius 1 is 1.08 bits per heavy atom. The number of hydrogen-bond acceptors (Lipinski definition) is 3. The summed E-state index contributed by atoms with van der Waals surface area (Å²) in [5.74, 6) is 1.77. The lowest BCUT2D eigenvalue weighted by Gasteiger charge is -2.34. The Labute approximate surface area is 150 Å². The van der Waals surface area contributed by atoms with Crippen molar-refractivity contribution in [3.8, 4) is 0 Å². The number of aryl methyl sites for hydroxylation is 2. The summed E-state index contributed by atoms with van der Waals surface area (Å²) >= 11 is 0. The Balaban J connectivity index is 2.41. The van der Waals surface area contributed by atoms with Gasteiger partial charge in [0.25, 0.3) is 5.91 Å². The second-order valence-electron chi connectivity index (χ2n) is 6.68. The van der Waals surface area contributed by atoms with Gasteiger partial charge >= 0.3 is 0 Å². The van der Waals surface area contributed by atoms with Gasteiger partial charge in [-0.3, -0.25) is 9.28 Å². The fourth-order valence-electron chi connectivity index (χ4n) is 3.15. The van der Waals surface area contributed by atoms with E-state index in [1.807, 2.05) is 56.9 Å². The first-order valence-electron chi connectivity index (χ1n) is 8.87. The Morgan fingerprint density at radius 2 is 1.72 bits per heavy atom. The molecule has 5 heteroatoms. The maximum atomic E-state index is 12.8. The molecule has 1 atom stereocenters. The maximum Gasteiger partial charge on any atom is 0.278 e. The molecule has 0 fully saturated rings. The fraction of sp³-hybridized carbons (Fsp3) is 0.450. The number of carbonyl (C=O) groups is 1. The first-order valence-corrected chi connectivity index (χ1v) is 8.87. The first kappa shape index (κ1) is 19.1. The molecule has 0 spiro atoms. The molecule has 0 saturated carbocycles. The average Bonchev–Trinajstić information content (AvgIpc) is 2.56. The van der Waals surface area contributed by atoms with E-state index in [0.717, 1.165) is 30.4 Å². The van der Waals surface area contributed by atoms with Gasteiger partial charge in [0.2, 0.25) is 5.82 Å². The van der Waals surface area contributed by atoms with E-state index in [0.29, 0.717) is 17.6 Å². The highest BCUT2D eigenvalue weighted by Gasteiger charge is 2.32. The van der Waals surface area contributed by atoms with Crippen LogP contribution in [0.5, 0.6) is 0 Å². The van der Waals surface area contributed by atoms with Crippen LogP contribution >= 0.6 is 0 Å². The predicted molar refractivity (Wildman–Crippen MR) is 102 cm³/mol. The lowest BCUT2D eigenvalue weighted by atomic mass is 10.1. The monoisotopic (exact) mass is 341 g/mol. The molecule has 0 saturated heterocycles. The van der Waals surface area contributed by atoms with Gasteiger partial charge in [-0.1, -0.05) is 30.3 Å². The van der Waals surface area contributed by atoms with Crippen LogP contribution < -0.4 is 4.48 Å². The van der Waals surface area contributed by atoms with Gasteiger partial charge < -0.3 is 4.90 Å². The number of rotatable bonds is 7. The largest absolute Gasteiger partial charge is 0.338 e. The summed E-state index contributed by atoms with van der Waals surface area (Å²) in [5, 5.41) is 0. The summed E-state index contributed by atoms with van der Waals surface area (Å²) in [5.41, 5.74) is 2.11. The molecular formula is C20H29N4O+. The summed E-state index contributed by atoms with van der Waals surface area (Å²) in [6.07, 6.45) is 0. The molecule has 0 unspecified atom stereocenters. The van der Waals surface area contributed by atoms with E-state index in [1.165, 1.54) is 5.56 Å². The normalized spacial score (nSPS) is 13.3. The molecule has 1 aromatic carbocycles.